The zero-order valence-corrected chi connectivity index (χ0v) is 11.0. The van der Waals surface area contributed by atoms with Crippen molar-refractivity contribution in [3.8, 4) is 0 Å². The number of ether oxygens (including phenoxy) is 1. The normalized spacial score (nSPS) is 19.6. The standard InChI is InChI=1S/C14H20N2O2/c1-10-3-4-11(2)13(7-10)14(17)16-9-12-8-15-5-6-18-12/h3-4,7,12,15H,5-6,8-9H2,1-2H3,(H,16,17). The van der Waals surface area contributed by atoms with Crippen molar-refractivity contribution in [1.82, 2.24) is 10.6 Å². The lowest BCUT2D eigenvalue weighted by molar-refractivity contribution is 0.0287. The average molecular weight is 248 g/mol. The summed E-state index contributed by atoms with van der Waals surface area (Å²) in [7, 11) is 0. The Morgan fingerprint density at radius 2 is 2.33 bits per heavy atom. The Kier molecular flexibility index (Phi) is 4.33. The summed E-state index contributed by atoms with van der Waals surface area (Å²) in [4.78, 5) is 12.1. The molecule has 0 aromatic heterocycles. The minimum Gasteiger partial charge on any atom is -0.374 e. The summed E-state index contributed by atoms with van der Waals surface area (Å²) < 4.78 is 5.54. The van der Waals surface area contributed by atoms with E-state index in [-0.39, 0.29) is 12.0 Å². The Bertz CT molecular complexity index is 426. The zero-order valence-electron chi connectivity index (χ0n) is 11.0. The van der Waals surface area contributed by atoms with Crippen molar-refractivity contribution < 1.29 is 9.53 Å². The van der Waals surface area contributed by atoms with Gasteiger partial charge < -0.3 is 15.4 Å². The number of morpholine rings is 1. The molecule has 2 N–H and O–H groups in total. The minimum absolute atomic E-state index is 0.0228. The molecule has 1 amide bonds. The van der Waals surface area contributed by atoms with E-state index >= 15 is 0 Å². The molecule has 18 heavy (non-hydrogen) atoms. The second-order valence-corrected chi connectivity index (χ2v) is 4.73. The molecule has 1 aromatic carbocycles. The van der Waals surface area contributed by atoms with E-state index in [9.17, 15) is 4.79 Å². The van der Waals surface area contributed by atoms with E-state index in [4.69, 9.17) is 4.74 Å². The van der Waals surface area contributed by atoms with Crippen molar-refractivity contribution in [1.29, 1.82) is 0 Å². The van der Waals surface area contributed by atoms with Gasteiger partial charge in [0, 0.05) is 25.2 Å². The van der Waals surface area contributed by atoms with Crippen LogP contribution in [-0.2, 0) is 4.74 Å². The molecular formula is C14H20N2O2. The van der Waals surface area contributed by atoms with Gasteiger partial charge in [-0.3, -0.25) is 4.79 Å². The third-order valence-corrected chi connectivity index (χ3v) is 3.13. The van der Waals surface area contributed by atoms with Gasteiger partial charge in [-0.2, -0.15) is 0 Å². The van der Waals surface area contributed by atoms with E-state index in [1.807, 2.05) is 32.0 Å². The van der Waals surface area contributed by atoms with E-state index in [1.54, 1.807) is 0 Å². The van der Waals surface area contributed by atoms with Crippen LogP contribution in [0, 0.1) is 13.8 Å². The second-order valence-electron chi connectivity index (χ2n) is 4.73. The Morgan fingerprint density at radius 3 is 3.06 bits per heavy atom. The molecule has 1 aliphatic rings. The number of carbonyl (C=O) groups excluding carboxylic acids is 1. The number of aryl methyl sites for hydroxylation is 2. The molecule has 0 bridgehead atoms. The van der Waals surface area contributed by atoms with E-state index in [0.717, 1.165) is 29.8 Å². The largest absolute Gasteiger partial charge is 0.374 e. The molecule has 4 nitrogen and oxygen atoms in total. The molecule has 4 heteroatoms. The first kappa shape index (κ1) is 13.1. The number of hydrogen-bond donors (Lipinski definition) is 2. The highest BCUT2D eigenvalue weighted by molar-refractivity contribution is 5.95. The highest BCUT2D eigenvalue weighted by atomic mass is 16.5. The summed E-state index contributed by atoms with van der Waals surface area (Å²) in [5.74, 6) is -0.0228. The predicted octanol–water partition coefficient (Wildman–Crippen LogP) is 1.02. The van der Waals surface area contributed by atoms with Crippen molar-refractivity contribution in [2.75, 3.05) is 26.2 Å². The summed E-state index contributed by atoms with van der Waals surface area (Å²) in [5.41, 5.74) is 2.85. The molecule has 0 saturated carbocycles. The van der Waals surface area contributed by atoms with Gasteiger partial charge in [0.2, 0.25) is 0 Å². The maximum absolute atomic E-state index is 12.1. The molecule has 1 atom stereocenters. The average Bonchev–Trinajstić information content (AvgIpc) is 2.40. The molecule has 1 aliphatic heterocycles. The predicted molar refractivity (Wildman–Crippen MR) is 70.9 cm³/mol. The summed E-state index contributed by atoms with van der Waals surface area (Å²) >= 11 is 0. The zero-order chi connectivity index (χ0) is 13.0. The Balaban J connectivity index is 1.92. The summed E-state index contributed by atoms with van der Waals surface area (Å²) in [6.45, 7) is 6.90. The molecule has 0 radical (unpaired) electrons. The maximum Gasteiger partial charge on any atom is 0.251 e. The Morgan fingerprint density at radius 1 is 1.50 bits per heavy atom. The Hall–Kier alpha value is -1.39. The smallest absolute Gasteiger partial charge is 0.251 e. The van der Waals surface area contributed by atoms with Gasteiger partial charge in [0.1, 0.15) is 0 Å². The second kappa shape index (κ2) is 5.98. The molecular weight excluding hydrogens is 228 g/mol. The SMILES string of the molecule is Cc1ccc(C)c(C(=O)NCC2CNCCO2)c1. The number of nitrogens with one attached hydrogen (secondary N) is 2. The van der Waals surface area contributed by atoms with Gasteiger partial charge in [0.05, 0.1) is 12.7 Å². The van der Waals surface area contributed by atoms with Crippen LogP contribution in [0.5, 0.6) is 0 Å². The number of hydrogen-bond acceptors (Lipinski definition) is 3. The van der Waals surface area contributed by atoms with Crippen LogP contribution < -0.4 is 10.6 Å². The fourth-order valence-electron chi connectivity index (χ4n) is 2.03. The van der Waals surface area contributed by atoms with Gasteiger partial charge in [-0.25, -0.2) is 0 Å². The topological polar surface area (TPSA) is 50.4 Å². The van der Waals surface area contributed by atoms with E-state index in [0.29, 0.717) is 13.2 Å². The van der Waals surface area contributed by atoms with Crippen LogP contribution in [0.3, 0.4) is 0 Å². The molecule has 98 valence electrons. The van der Waals surface area contributed by atoms with Gasteiger partial charge in [-0.15, -0.1) is 0 Å². The molecule has 1 unspecified atom stereocenters. The third kappa shape index (κ3) is 3.31. The molecule has 0 spiro atoms. The van der Waals surface area contributed by atoms with Crippen molar-refractivity contribution in [2.45, 2.75) is 20.0 Å². The van der Waals surface area contributed by atoms with Gasteiger partial charge >= 0.3 is 0 Å². The molecule has 0 aliphatic carbocycles. The Labute approximate surface area is 108 Å². The van der Waals surface area contributed by atoms with Crippen molar-refractivity contribution in [3.63, 3.8) is 0 Å². The fourth-order valence-corrected chi connectivity index (χ4v) is 2.03. The summed E-state index contributed by atoms with van der Waals surface area (Å²) in [5, 5.41) is 6.18. The monoisotopic (exact) mass is 248 g/mol. The first-order chi connectivity index (χ1) is 8.66. The van der Waals surface area contributed by atoms with E-state index in [2.05, 4.69) is 10.6 Å². The molecule has 1 fully saturated rings. The minimum atomic E-state index is -0.0228. The number of amides is 1. The van der Waals surface area contributed by atoms with Gasteiger partial charge in [-0.1, -0.05) is 17.7 Å². The third-order valence-electron chi connectivity index (χ3n) is 3.13. The quantitative estimate of drug-likeness (QED) is 0.839. The first-order valence-corrected chi connectivity index (χ1v) is 6.34. The van der Waals surface area contributed by atoms with Gasteiger partial charge in [0.15, 0.2) is 0 Å². The summed E-state index contributed by atoms with van der Waals surface area (Å²) in [6, 6.07) is 5.91. The number of benzene rings is 1. The molecule has 1 saturated heterocycles. The lowest BCUT2D eigenvalue weighted by Gasteiger charge is -2.23. The van der Waals surface area contributed by atoms with Crippen molar-refractivity contribution >= 4 is 5.91 Å². The van der Waals surface area contributed by atoms with Crippen molar-refractivity contribution in [3.05, 3.63) is 34.9 Å². The lowest BCUT2D eigenvalue weighted by atomic mass is 10.1. The van der Waals surface area contributed by atoms with Gasteiger partial charge in [0.25, 0.3) is 5.91 Å². The first-order valence-electron chi connectivity index (χ1n) is 6.34. The number of rotatable bonds is 3. The van der Waals surface area contributed by atoms with E-state index in [1.165, 1.54) is 0 Å². The van der Waals surface area contributed by atoms with Crippen LogP contribution >= 0.6 is 0 Å². The highest BCUT2D eigenvalue weighted by Crippen LogP contribution is 2.10. The molecule has 1 heterocycles. The summed E-state index contributed by atoms with van der Waals surface area (Å²) in [6.07, 6.45) is 0.0767. The molecule has 2 rings (SSSR count). The van der Waals surface area contributed by atoms with Crippen molar-refractivity contribution in [2.24, 2.45) is 0 Å². The highest BCUT2D eigenvalue weighted by Gasteiger charge is 2.15. The van der Waals surface area contributed by atoms with Crippen LogP contribution in [-0.4, -0.2) is 38.3 Å². The maximum atomic E-state index is 12.1. The van der Waals surface area contributed by atoms with Crippen LogP contribution in [0.1, 0.15) is 21.5 Å². The van der Waals surface area contributed by atoms with E-state index < -0.39 is 0 Å². The van der Waals surface area contributed by atoms with Crippen LogP contribution in [0.4, 0.5) is 0 Å². The van der Waals surface area contributed by atoms with Crippen LogP contribution in [0.15, 0.2) is 18.2 Å². The lowest BCUT2D eigenvalue weighted by Crippen LogP contribution is -2.45. The van der Waals surface area contributed by atoms with Gasteiger partial charge in [-0.05, 0) is 25.5 Å². The number of carbonyl (C=O) groups is 1. The van der Waals surface area contributed by atoms with Crippen LogP contribution in [0.25, 0.3) is 0 Å². The molecule has 1 aromatic rings. The fraction of sp³-hybridized carbons (Fsp3) is 0.500. The van der Waals surface area contributed by atoms with Crippen LogP contribution in [0.2, 0.25) is 0 Å².